The van der Waals surface area contributed by atoms with Crippen LogP contribution in [0.1, 0.15) is 8.56 Å². The minimum absolute atomic E-state index is 0. The lowest BCUT2D eigenvalue weighted by Gasteiger charge is -2.18. The van der Waals surface area contributed by atoms with E-state index in [9.17, 15) is 0 Å². The summed E-state index contributed by atoms with van der Waals surface area (Å²) < 4.78 is 0. The number of rotatable bonds is 3. The molecule has 36 heavy (non-hydrogen) atoms. The van der Waals surface area contributed by atoms with Gasteiger partial charge >= 0.3 is 0 Å². The van der Waals surface area contributed by atoms with E-state index in [4.69, 9.17) is 0 Å². The van der Waals surface area contributed by atoms with Crippen molar-refractivity contribution in [2.45, 2.75) is 0 Å². The van der Waals surface area contributed by atoms with Crippen molar-refractivity contribution in [3.05, 3.63) is 146 Å². The minimum Gasteiger partial charge on any atom is -0.0622 e. The highest BCUT2D eigenvalue weighted by molar-refractivity contribution is 6.21. The highest BCUT2D eigenvalue weighted by Gasteiger charge is 2.16. The van der Waals surface area contributed by atoms with Gasteiger partial charge in [-0.3, -0.25) is 0 Å². The molecule has 0 aliphatic rings. The van der Waals surface area contributed by atoms with E-state index >= 15 is 0 Å². The predicted molar refractivity (Wildman–Crippen MR) is 168 cm³/mol. The Morgan fingerprint density at radius 1 is 0.278 bits per heavy atom. The lowest BCUT2D eigenvalue weighted by Crippen LogP contribution is -1.91. The van der Waals surface area contributed by atoms with Gasteiger partial charge in [0.25, 0.3) is 0 Å². The normalized spacial score (nSPS) is 11.3. The van der Waals surface area contributed by atoms with Gasteiger partial charge in [0.2, 0.25) is 0 Å². The second-order valence-corrected chi connectivity index (χ2v) is 9.35. The van der Waals surface area contributed by atoms with Crippen LogP contribution in [0, 0.1) is 0 Å². The van der Waals surface area contributed by atoms with Gasteiger partial charge in [-0.25, -0.2) is 0 Å². The molecule has 7 rings (SSSR count). The molecule has 0 nitrogen and oxygen atoms in total. The second-order valence-electron chi connectivity index (χ2n) is 9.35. The van der Waals surface area contributed by atoms with Gasteiger partial charge < -0.3 is 0 Å². The molecule has 0 atom stereocenters. The Labute approximate surface area is 220 Å². The molecule has 0 saturated heterocycles. The molecule has 0 aromatic heterocycles. The summed E-state index contributed by atoms with van der Waals surface area (Å²) in [6.45, 7) is 0. The Morgan fingerprint density at radius 2 is 0.694 bits per heavy atom. The fourth-order valence-corrected chi connectivity index (χ4v) is 5.56. The quantitative estimate of drug-likeness (QED) is 0.226. The average molecular weight is 469 g/mol. The third kappa shape index (κ3) is 3.39. The van der Waals surface area contributed by atoms with E-state index in [1.807, 2.05) is 0 Å². The van der Waals surface area contributed by atoms with Crippen LogP contribution < -0.4 is 0 Å². The van der Waals surface area contributed by atoms with Gasteiger partial charge in [-0.15, -0.1) is 0 Å². The molecule has 0 N–H and O–H groups in total. The SMILES string of the molecule is [HH].[HH].[HH].[HH].[HH].[HH].c1ccc(-c2ccc(-c3c4ccccc4c(-c4ccc5ccccc5c4)c4ccccc34)cc2)cc1. The molecule has 7 aromatic carbocycles. The first-order valence-electron chi connectivity index (χ1n) is 12.5. The van der Waals surface area contributed by atoms with Crippen LogP contribution in [0.4, 0.5) is 0 Å². The summed E-state index contributed by atoms with van der Waals surface area (Å²) in [6.07, 6.45) is 0. The summed E-state index contributed by atoms with van der Waals surface area (Å²) in [7, 11) is 0. The van der Waals surface area contributed by atoms with Crippen LogP contribution in [-0.4, -0.2) is 0 Å². The Kier molecular flexibility index (Phi) is 4.89. The van der Waals surface area contributed by atoms with Crippen LogP contribution in [0.2, 0.25) is 0 Å². The largest absolute Gasteiger partial charge is 0.0622 e. The summed E-state index contributed by atoms with van der Waals surface area (Å²) in [6, 6.07) is 52.7. The molecular formula is C36H36. The molecule has 0 aliphatic carbocycles. The van der Waals surface area contributed by atoms with Gasteiger partial charge in [0, 0.05) is 8.56 Å². The van der Waals surface area contributed by atoms with Crippen molar-refractivity contribution in [3.8, 4) is 33.4 Å². The summed E-state index contributed by atoms with van der Waals surface area (Å²) in [5.74, 6) is 0. The molecule has 0 radical (unpaired) electrons. The number of benzene rings is 7. The predicted octanol–water partition coefficient (Wildman–Crippen LogP) is 11.6. The van der Waals surface area contributed by atoms with Gasteiger partial charge in [-0.05, 0) is 71.8 Å². The summed E-state index contributed by atoms with van der Waals surface area (Å²) in [5.41, 5.74) is 7.58. The molecular weight excluding hydrogens is 432 g/mol. The van der Waals surface area contributed by atoms with Crippen molar-refractivity contribution in [3.63, 3.8) is 0 Å². The Bertz CT molecular complexity index is 1830. The molecule has 0 unspecified atom stereocenters. The van der Waals surface area contributed by atoms with Crippen molar-refractivity contribution in [2.24, 2.45) is 0 Å². The highest BCUT2D eigenvalue weighted by atomic mass is 14.2. The van der Waals surface area contributed by atoms with E-state index in [1.165, 1.54) is 65.7 Å². The first-order valence-corrected chi connectivity index (χ1v) is 12.5. The van der Waals surface area contributed by atoms with Crippen LogP contribution in [0.5, 0.6) is 0 Å². The fourth-order valence-electron chi connectivity index (χ4n) is 5.56. The molecule has 0 fully saturated rings. The van der Waals surface area contributed by atoms with Gasteiger partial charge in [-0.1, -0.05) is 140 Å². The first-order chi connectivity index (χ1) is 17.9. The molecule has 0 spiro atoms. The summed E-state index contributed by atoms with van der Waals surface area (Å²) >= 11 is 0. The summed E-state index contributed by atoms with van der Waals surface area (Å²) in [4.78, 5) is 0. The topological polar surface area (TPSA) is 0 Å². The van der Waals surface area contributed by atoms with Gasteiger partial charge in [-0.2, -0.15) is 0 Å². The first kappa shape index (κ1) is 20.7. The van der Waals surface area contributed by atoms with Crippen molar-refractivity contribution in [2.75, 3.05) is 0 Å². The maximum atomic E-state index is 2.33. The standard InChI is InChI=1S/C36H24.6H2/c1-2-10-25(11-3-1)27-18-21-28(22-19-27)35-31-14-6-8-16-33(31)36(34-17-9-7-15-32(34)35)30-23-20-26-12-4-5-13-29(26)24-30;;;;;;/h1-24H;6*1H. The molecule has 0 bridgehead atoms. The van der Waals surface area contributed by atoms with Crippen LogP contribution in [-0.2, 0) is 0 Å². The van der Waals surface area contributed by atoms with E-state index in [0.717, 1.165) is 0 Å². The van der Waals surface area contributed by atoms with Crippen molar-refractivity contribution < 1.29 is 8.56 Å². The molecule has 0 aliphatic heterocycles. The van der Waals surface area contributed by atoms with Crippen LogP contribution in [0.15, 0.2) is 146 Å². The molecule has 0 heteroatoms. The molecule has 180 valence electrons. The van der Waals surface area contributed by atoms with Crippen molar-refractivity contribution in [1.82, 2.24) is 0 Å². The number of fused-ring (bicyclic) bond motifs is 3. The van der Waals surface area contributed by atoms with E-state index in [2.05, 4.69) is 146 Å². The lowest BCUT2D eigenvalue weighted by atomic mass is 9.85. The van der Waals surface area contributed by atoms with E-state index in [0.29, 0.717) is 0 Å². The zero-order chi connectivity index (χ0) is 23.9. The molecule has 7 aromatic rings. The van der Waals surface area contributed by atoms with E-state index in [1.54, 1.807) is 0 Å². The smallest absolute Gasteiger partial charge is 0 e. The molecule has 0 amide bonds. The Hall–Kier alpha value is -4.68. The van der Waals surface area contributed by atoms with Crippen molar-refractivity contribution in [1.29, 1.82) is 0 Å². The number of hydrogen-bond donors (Lipinski definition) is 0. The zero-order valence-electron chi connectivity index (χ0n) is 19.9. The van der Waals surface area contributed by atoms with E-state index in [-0.39, 0.29) is 8.56 Å². The fraction of sp³-hybridized carbons (Fsp3) is 0. The van der Waals surface area contributed by atoms with E-state index < -0.39 is 0 Å². The average Bonchev–Trinajstić information content (AvgIpc) is 2.96. The third-order valence-electron chi connectivity index (χ3n) is 7.25. The third-order valence-corrected chi connectivity index (χ3v) is 7.25. The summed E-state index contributed by atoms with van der Waals surface area (Å²) in [5, 5.41) is 7.68. The second kappa shape index (κ2) is 8.52. The number of hydrogen-bond acceptors (Lipinski definition) is 0. The van der Waals surface area contributed by atoms with Gasteiger partial charge in [0.1, 0.15) is 0 Å². The lowest BCUT2D eigenvalue weighted by molar-refractivity contribution is 1.61. The van der Waals surface area contributed by atoms with Crippen LogP contribution in [0.3, 0.4) is 0 Å². The van der Waals surface area contributed by atoms with Crippen LogP contribution >= 0.6 is 0 Å². The van der Waals surface area contributed by atoms with Gasteiger partial charge in [0.15, 0.2) is 0 Å². The maximum Gasteiger partial charge on any atom is 0 e. The Morgan fingerprint density at radius 3 is 1.31 bits per heavy atom. The Balaban J connectivity index is 0.00000147. The maximum absolute atomic E-state index is 2.33. The van der Waals surface area contributed by atoms with Crippen molar-refractivity contribution >= 4 is 32.3 Å². The zero-order valence-corrected chi connectivity index (χ0v) is 19.9. The molecule has 0 heterocycles. The monoisotopic (exact) mass is 468 g/mol. The van der Waals surface area contributed by atoms with Gasteiger partial charge in [0.05, 0.1) is 0 Å². The molecule has 0 saturated carbocycles. The van der Waals surface area contributed by atoms with Crippen LogP contribution in [0.25, 0.3) is 65.7 Å². The minimum atomic E-state index is 0. The highest BCUT2D eigenvalue weighted by Crippen LogP contribution is 2.44.